The van der Waals surface area contributed by atoms with Gasteiger partial charge in [0, 0.05) is 19.6 Å². The lowest BCUT2D eigenvalue weighted by atomic mass is 9.89. The number of carbonyl (C=O) groups is 1. The second-order valence-corrected chi connectivity index (χ2v) is 8.74. The van der Waals surface area contributed by atoms with Crippen molar-refractivity contribution in [2.24, 2.45) is 5.92 Å². The largest absolute Gasteiger partial charge is 0.378 e. The van der Waals surface area contributed by atoms with Gasteiger partial charge < -0.3 is 15.0 Å². The molecule has 1 aliphatic carbocycles. The molecule has 30 heavy (non-hydrogen) atoms. The van der Waals surface area contributed by atoms with Gasteiger partial charge in [0.25, 0.3) is 0 Å². The van der Waals surface area contributed by atoms with Crippen LogP contribution >= 0.6 is 11.8 Å². The van der Waals surface area contributed by atoms with Crippen LogP contribution in [0.25, 0.3) is 5.69 Å². The predicted molar refractivity (Wildman–Crippen MR) is 115 cm³/mol. The van der Waals surface area contributed by atoms with Gasteiger partial charge in [0.2, 0.25) is 11.9 Å². The molecule has 0 atom stereocenters. The Hall–Kier alpha value is -2.13. The summed E-state index contributed by atoms with van der Waals surface area (Å²) in [4.78, 5) is 14.5. The van der Waals surface area contributed by atoms with Crippen molar-refractivity contribution in [2.75, 3.05) is 43.5 Å². The zero-order valence-corrected chi connectivity index (χ0v) is 17.9. The van der Waals surface area contributed by atoms with Crippen LogP contribution in [0.1, 0.15) is 32.1 Å². The molecular formula is C21H28FN5O2S. The third kappa shape index (κ3) is 5.31. The normalized spacial score (nSPS) is 17.8. The van der Waals surface area contributed by atoms with E-state index in [2.05, 4.69) is 20.4 Å². The van der Waals surface area contributed by atoms with E-state index in [1.807, 2.05) is 10.6 Å². The van der Waals surface area contributed by atoms with Crippen molar-refractivity contribution >= 4 is 23.6 Å². The Labute approximate surface area is 180 Å². The lowest BCUT2D eigenvalue weighted by molar-refractivity contribution is -0.118. The minimum Gasteiger partial charge on any atom is -0.378 e. The number of ether oxygens (including phenoxy) is 1. The van der Waals surface area contributed by atoms with E-state index in [-0.39, 0.29) is 17.5 Å². The summed E-state index contributed by atoms with van der Waals surface area (Å²) in [6.07, 6.45) is 6.22. The molecule has 1 N–H and O–H groups in total. The number of anilines is 1. The molecule has 1 saturated carbocycles. The summed E-state index contributed by atoms with van der Waals surface area (Å²) in [5, 5.41) is 12.3. The molecule has 7 nitrogen and oxygen atoms in total. The number of benzene rings is 1. The third-order valence-electron chi connectivity index (χ3n) is 5.62. The maximum absolute atomic E-state index is 13.9. The van der Waals surface area contributed by atoms with Gasteiger partial charge in [0.05, 0.1) is 24.7 Å². The van der Waals surface area contributed by atoms with Crippen molar-refractivity contribution in [3.63, 3.8) is 0 Å². The molecule has 162 valence electrons. The van der Waals surface area contributed by atoms with Crippen LogP contribution in [-0.2, 0) is 9.53 Å². The third-order valence-corrected chi connectivity index (χ3v) is 6.55. The molecule has 1 amide bonds. The van der Waals surface area contributed by atoms with Crippen molar-refractivity contribution < 1.29 is 13.9 Å². The fourth-order valence-electron chi connectivity index (χ4n) is 4.00. The first kappa shape index (κ1) is 21.1. The summed E-state index contributed by atoms with van der Waals surface area (Å²) in [5.74, 6) is 1.16. The summed E-state index contributed by atoms with van der Waals surface area (Å²) in [7, 11) is 0. The fourth-order valence-corrected chi connectivity index (χ4v) is 4.77. The Kier molecular flexibility index (Phi) is 7.22. The van der Waals surface area contributed by atoms with Crippen molar-refractivity contribution in [2.45, 2.75) is 37.3 Å². The first-order chi connectivity index (χ1) is 14.7. The van der Waals surface area contributed by atoms with Crippen LogP contribution in [0.15, 0.2) is 29.4 Å². The maximum atomic E-state index is 13.9. The average Bonchev–Trinajstić information content (AvgIpc) is 3.21. The van der Waals surface area contributed by atoms with Gasteiger partial charge in [-0.15, -0.1) is 10.2 Å². The molecule has 1 saturated heterocycles. The second kappa shape index (κ2) is 10.3. The average molecular weight is 434 g/mol. The lowest BCUT2D eigenvalue weighted by Gasteiger charge is -2.27. The molecular weight excluding hydrogens is 405 g/mol. The van der Waals surface area contributed by atoms with E-state index in [0.717, 1.165) is 6.54 Å². The Morgan fingerprint density at radius 2 is 2.00 bits per heavy atom. The first-order valence-electron chi connectivity index (χ1n) is 10.6. The monoisotopic (exact) mass is 433 g/mol. The van der Waals surface area contributed by atoms with Gasteiger partial charge in [-0.05, 0) is 37.0 Å². The number of morpholine rings is 1. The summed E-state index contributed by atoms with van der Waals surface area (Å²) in [6, 6.07) is 6.36. The quantitative estimate of drug-likeness (QED) is 0.677. The Morgan fingerprint density at radius 3 is 2.77 bits per heavy atom. The van der Waals surface area contributed by atoms with E-state index in [0.29, 0.717) is 49.0 Å². The van der Waals surface area contributed by atoms with E-state index < -0.39 is 0 Å². The topological polar surface area (TPSA) is 72.3 Å². The molecule has 1 aliphatic heterocycles. The molecule has 2 heterocycles. The van der Waals surface area contributed by atoms with E-state index in [9.17, 15) is 9.18 Å². The lowest BCUT2D eigenvalue weighted by Crippen LogP contribution is -2.38. The molecule has 0 unspecified atom stereocenters. The molecule has 2 aromatic rings. The number of halogens is 1. The minimum atomic E-state index is -0.324. The van der Waals surface area contributed by atoms with Crippen LogP contribution in [0.4, 0.5) is 10.3 Å². The van der Waals surface area contributed by atoms with Crippen LogP contribution in [0.2, 0.25) is 0 Å². The van der Waals surface area contributed by atoms with Crippen LogP contribution in [0, 0.1) is 11.7 Å². The van der Waals surface area contributed by atoms with Crippen LogP contribution in [-0.4, -0.2) is 59.3 Å². The Bertz CT molecular complexity index is 850. The standard InChI is InChI=1S/C21H28FN5O2S/c22-17-7-4-8-18(13-17)27-20(26-9-11-29-12-10-26)24-25-21(27)30-15-19(28)23-14-16-5-2-1-3-6-16/h4,7-8,13,16H,1-3,5-6,9-12,14-15H2,(H,23,28). The highest BCUT2D eigenvalue weighted by Crippen LogP contribution is 2.28. The van der Waals surface area contributed by atoms with E-state index >= 15 is 0 Å². The Balaban J connectivity index is 1.45. The zero-order valence-electron chi connectivity index (χ0n) is 17.1. The first-order valence-corrected chi connectivity index (χ1v) is 11.6. The van der Waals surface area contributed by atoms with Crippen LogP contribution < -0.4 is 10.2 Å². The number of thioether (sulfide) groups is 1. The maximum Gasteiger partial charge on any atom is 0.232 e. The van der Waals surface area contributed by atoms with Crippen molar-refractivity contribution in [1.82, 2.24) is 20.1 Å². The zero-order chi connectivity index (χ0) is 20.8. The van der Waals surface area contributed by atoms with Gasteiger partial charge in [-0.1, -0.05) is 37.1 Å². The SMILES string of the molecule is O=C(CSc1nnc(N2CCOCC2)n1-c1cccc(F)c1)NCC1CCCCC1. The van der Waals surface area contributed by atoms with Crippen molar-refractivity contribution in [3.05, 3.63) is 30.1 Å². The molecule has 0 spiro atoms. The molecule has 2 fully saturated rings. The van der Waals surface area contributed by atoms with Gasteiger partial charge in [-0.2, -0.15) is 0 Å². The molecule has 2 aliphatic rings. The number of rotatable bonds is 7. The number of aromatic nitrogens is 3. The number of hydrogen-bond acceptors (Lipinski definition) is 6. The summed E-state index contributed by atoms with van der Waals surface area (Å²) in [6.45, 7) is 3.36. The van der Waals surface area contributed by atoms with Crippen molar-refractivity contribution in [3.8, 4) is 5.69 Å². The van der Waals surface area contributed by atoms with Gasteiger partial charge in [-0.3, -0.25) is 9.36 Å². The molecule has 9 heteroatoms. The molecule has 0 bridgehead atoms. The summed E-state index contributed by atoms with van der Waals surface area (Å²) in [5.41, 5.74) is 0.645. The van der Waals surface area contributed by atoms with Gasteiger partial charge in [-0.25, -0.2) is 4.39 Å². The number of carbonyl (C=O) groups excluding carboxylic acids is 1. The molecule has 0 radical (unpaired) electrons. The minimum absolute atomic E-state index is 0.00714. The van der Waals surface area contributed by atoms with Crippen LogP contribution in [0.3, 0.4) is 0 Å². The highest BCUT2D eigenvalue weighted by Gasteiger charge is 2.23. The molecule has 1 aromatic carbocycles. The number of nitrogens with zero attached hydrogens (tertiary/aromatic N) is 4. The highest BCUT2D eigenvalue weighted by molar-refractivity contribution is 7.99. The van der Waals surface area contributed by atoms with Crippen molar-refractivity contribution in [1.29, 1.82) is 0 Å². The smallest absolute Gasteiger partial charge is 0.232 e. The number of amides is 1. The summed E-state index contributed by atoms with van der Waals surface area (Å²) >= 11 is 1.32. The fraction of sp³-hybridized carbons (Fsp3) is 0.571. The van der Waals surface area contributed by atoms with Crippen LogP contribution in [0.5, 0.6) is 0 Å². The predicted octanol–water partition coefficient (Wildman–Crippen LogP) is 3.03. The van der Waals surface area contributed by atoms with E-state index in [1.54, 1.807) is 6.07 Å². The molecule has 4 rings (SSSR count). The van der Waals surface area contributed by atoms with E-state index in [4.69, 9.17) is 4.74 Å². The van der Waals surface area contributed by atoms with Gasteiger partial charge >= 0.3 is 0 Å². The van der Waals surface area contributed by atoms with Gasteiger partial charge in [0.15, 0.2) is 5.16 Å². The number of nitrogens with one attached hydrogen (secondary N) is 1. The van der Waals surface area contributed by atoms with Gasteiger partial charge in [0.1, 0.15) is 5.82 Å². The molecule has 1 aromatic heterocycles. The number of hydrogen-bond donors (Lipinski definition) is 1. The Morgan fingerprint density at radius 1 is 1.20 bits per heavy atom. The van der Waals surface area contributed by atoms with E-state index in [1.165, 1.54) is 56.0 Å². The second-order valence-electron chi connectivity index (χ2n) is 7.79. The highest BCUT2D eigenvalue weighted by atomic mass is 32.2. The summed E-state index contributed by atoms with van der Waals surface area (Å²) < 4.78 is 21.2.